The molecule has 0 aliphatic carbocycles. The fourth-order valence-electron chi connectivity index (χ4n) is 5.35. The number of nitrogens with zero attached hydrogens (tertiary/aromatic N) is 2. The molecule has 0 radical (unpaired) electrons. The van der Waals surface area contributed by atoms with Crippen molar-refractivity contribution >= 4 is 54.3 Å². The van der Waals surface area contributed by atoms with Gasteiger partial charge in [-0.15, -0.1) is 0 Å². The van der Waals surface area contributed by atoms with Gasteiger partial charge in [0.05, 0.1) is 29.9 Å². The summed E-state index contributed by atoms with van der Waals surface area (Å²) >= 11 is 3.40. The van der Waals surface area contributed by atoms with Crippen LogP contribution in [0.25, 0.3) is 11.6 Å². The van der Waals surface area contributed by atoms with E-state index in [9.17, 15) is 18.4 Å². The monoisotopic (exact) mass is 580 g/mol. The molecule has 7 nitrogen and oxygen atoms in total. The van der Waals surface area contributed by atoms with Crippen molar-refractivity contribution in [3.05, 3.63) is 50.8 Å². The van der Waals surface area contributed by atoms with Gasteiger partial charge < -0.3 is 19.9 Å². The third-order valence-electron chi connectivity index (χ3n) is 7.13. The molecule has 0 saturated carbocycles. The molecule has 11 heteroatoms. The molecule has 5 rings (SSSR count). The predicted octanol–water partition coefficient (Wildman–Crippen LogP) is 4.44. The Morgan fingerprint density at radius 1 is 1.22 bits per heavy atom. The van der Waals surface area contributed by atoms with Crippen LogP contribution in [0, 0.1) is 6.92 Å². The fourth-order valence-corrected chi connectivity index (χ4v) is 6.01. The van der Waals surface area contributed by atoms with Gasteiger partial charge in [-0.2, -0.15) is 8.78 Å². The number of nitrogens with one attached hydrogen (secondary N) is 2. The van der Waals surface area contributed by atoms with Crippen LogP contribution in [0.2, 0.25) is 0 Å². The Labute approximate surface area is 218 Å². The number of aryl methyl sites for hydroxylation is 1. The zero-order chi connectivity index (χ0) is 25.6. The number of amides is 2. The van der Waals surface area contributed by atoms with Crippen LogP contribution in [0.5, 0.6) is 0 Å². The molecule has 2 saturated heterocycles. The maximum Gasteiger partial charge on any atom is 0.286 e. The van der Waals surface area contributed by atoms with Gasteiger partial charge in [-0.3, -0.25) is 14.5 Å². The number of carbonyl (C=O) groups is 2. The number of alkyl halides is 2. The quantitative estimate of drug-likeness (QED) is 0.414. The Hall–Kier alpha value is -2.13. The normalized spacial score (nSPS) is 20.6. The summed E-state index contributed by atoms with van der Waals surface area (Å²) in [6.07, 6.45) is 3.00. The van der Waals surface area contributed by atoms with Crippen LogP contribution < -0.4 is 5.32 Å². The van der Waals surface area contributed by atoms with Crippen molar-refractivity contribution in [1.29, 1.82) is 0 Å². The number of carbonyl (C=O) groups excluding carboxylic acids is 2. The molecule has 0 bridgehead atoms. The van der Waals surface area contributed by atoms with E-state index in [0.29, 0.717) is 49.3 Å². The van der Waals surface area contributed by atoms with E-state index in [0.717, 1.165) is 30.4 Å². The minimum atomic E-state index is -3.37. The number of hydrogen-bond acceptors (Lipinski definition) is 4. The highest BCUT2D eigenvalue weighted by molar-refractivity contribution is 9.10. The van der Waals surface area contributed by atoms with Crippen LogP contribution in [0.1, 0.15) is 45.7 Å². The molecular formula is C25H28BrF2N4O3P. The molecule has 2 N–H and O–H groups in total. The largest absolute Gasteiger partial charge is 0.379 e. The number of piperidine rings is 1. The highest BCUT2D eigenvalue weighted by Gasteiger charge is 2.39. The Morgan fingerprint density at radius 3 is 2.58 bits per heavy atom. The number of H-pyrrole nitrogens is 1. The van der Waals surface area contributed by atoms with E-state index in [2.05, 4.69) is 31.1 Å². The van der Waals surface area contributed by atoms with Crippen LogP contribution in [0.3, 0.4) is 0 Å². The summed E-state index contributed by atoms with van der Waals surface area (Å²) in [7, 11) is 1.54. The minimum Gasteiger partial charge on any atom is -0.379 e. The lowest BCUT2D eigenvalue weighted by Gasteiger charge is -2.40. The summed E-state index contributed by atoms with van der Waals surface area (Å²) in [6, 6.07) is 5.67. The number of fused-ring (bicyclic) bond motifs is 1. The van der Waals surface area contributed by atoms with Crippen LogP contribution in [0.4, 0.5) is 14.5 Å². The molecule has 2 aromatic rings. The number of aromatic nitrogens is 1. The first-order chi connectivity index (χ1) is 17.1. The Morgan fingerprint density at radius 2 is 1.92 bits per heavy atom. The number of hydrogen-bond donors (Lipinski definition) is 2. The number of likely N-dealkylation sites (tertiary alicyclic amines) is 1. The lowest BCUT2D eigenvalue weighted by atomic mass is 9.99. The van der Waals surface area contributed by atoms with Gasteiger partial charge in [0, 0.05) is 59.3 Å². The topological polar surface area (TPSA) is 77.7 Å². The van der Waals surface area contributed by atoms with E-state index in [1.54, 1.807) is 39.3 Å². The third kappa shape index (κ3) is 4.88. The molecule has 2 fully saturated rings. The first-order valence-electron chi connectivity index (χ1n) is 12.0. The average Bonchev–Trinajstić information content (AvgIpc) is 3.35. The molecule has 1 unspecified atom stereocenters. The van der Waals surface area contributed by atoms with Crippen LogP contribution >= 0.6 is 25.2 Å². The highest BCUT2D eigenvalue weighted by Crippen LogP contribution is 2.43. The molecule has 36 heavy (non-hydrogen) atoms. The molecule has 4 heterocycles. The van der Waals surface area contributed by atoms with Crippen molar-refractivity contribution in [2.45, 2.75) is 31.5 Å². The zero-order valence-corrected chi connectivity index (χ0v) is 22.6. The average molecular weight is 581 g/mol. The molecule has 3 aliphatic rings. The van der Waals surface area contributed by atoms with Gasteiger partial charge in [-0.05, 0) is 44.0 Å². The van der Waals surface area contributed by atoms with Crippen molar-refractivity contribution < 1.29 is 23.1 Å². The summed E-state index contributed by atoms with van der Waals surface area (Å²) in [4.78, 5) is 33.2. The van der Waals surface area contributed by atoms with E-state index in [-0.39, 0.29) is 22.7 Å². The van der Waals surface area contributed by atoms with Crippen molar-refractivity contribution in [3.63, 3.8) is 0 Å². The molecule has 3 aliphatic heterocycles. The number of benzene rings is 1. The molecule has 1 aromatic heterocycles. The van der Waals surface area contributed by atoms with Crippen LogP contribution in [-0.2, 0) is 15.2 Å². The van der Waals surface area contributed by atoms with Crippen LogP contribution in [-0.4, -0.2) is 72.0 Å². The van der Waals surface area contributed by atoms with Gasteiger partial charge in [-0.1, -0.05) is 25.2 Å². The number of halogens is 3. The smallest absolute Gasteiger partial charge is 0.286 e. The number of anilines is 1. The summed E-state index contributed by atoms with van der Waals surface area (Å²) in [5.41, 5.74) is -1.93. The number of morpholine rings is 1. The lowest BCUT2D eigenvalue weighted by molar-refractivity contribution is -0.110. The van der Waals surface area contributed by atoms with Gasteiger partial charge in [0.2, 0.25) is 0 Å². The molecule has 2 amide bonds. The maximum absolute atomic E-state index is 15.0. The second-order valence-corrected chi connectivity index (χ2v) is 11.1. The Kier molecular flexibility index (Phi) is 7.07. The van der Waals surface area contributed by atoms with E-state index >= 15 is 0 Å². The lowest BCUT2D eigenvalue weighted by Crippen LogP contribution is -2.50. The van der Waals surface area contributed by atoms with Crippen molar-refractivity contribution in [3.8, 4) is 0 Å². The van der Waals surface area contributed by atoms with Gasteiger partial charge in [0.1, 0.15) is 0 Å². The van der Waals surface area contributed by atoms with Gasteiger partial charge >= 0.3 is 0 Å². The fraction of sp³-hybridized carbons (Fsp3) is 0.440. The van der Waals surface area contributed by atoms with E-state index < -0.39 is 17.1 Å². The van der Waals surface area contributed by atoms with E-state index in [4.69, 9.17) is 4.74 Å². The first-order valence-corrected chi connectivity index (χ1v) is 13.3. The van der Waals surface area contributed by atoms with Gasteiger partial charge in [0.15, 0.2) is 0 Å². The molecule has 0 spiro atoms. The Bertz CT molecular complexity index is 1230. The van der Waals surface area contributed by atoms with Crippen molar-refractivity contribution in [2.75, 3.05) is 44.7 Å². The molecule has 1 aromatic carbocycles. The van der Waals surface area contributed by atoms with Crippen molar-refractivity contribution in [1.82, 2.24) is 14.8 Å². The third-order valence-corrected chi connectivity index (χ3v) is 7.91. The molecule has 1 atom stereocenters. The summed E-state index contributed by atoms with van der Waals surface area (Å²) in [5, 5.41) is 2.76. The minimum absolute atomic E-state index is 0.0282. The number of aromatic amines is 1. The number of ether oxygens (including phenoxy) is 1. The van der Waals surface area contributed by atoms with E-state index in [1.165, 1.54) is 6.08 Å². The maximum atomic E-state index is 15.0. The zero-order valence-electron chi connectivity index (χ0n) is 19.9. The summed E-state index contributed by atoms with van der Waals surface area (Å²) < 4.78 is 36.1. The first kappa shape index (κ1) is 25.5. The molecular weight excluding hydrogens is 553 g/mol. The highest BCUT2D eigenvalue weighted by atomic mass is 79.9. The summed E-state index contributed by atoms with van der Waals surface area (Å²) in [5.74, 6) is -0.795. The summed E-state index contributed by atoms with van der Waals surface area (Å²) in [6.45, 7) is 5.82. The van der Waals surface area contributed by atoms with Crippen molar-refractivity contribution in [2.24, 2.45) is 0 Å². The SMILES string of the molecule is Cc1[nH]c(/C=C2\C(=O)Nc3ccc(Br)cc32)c(C(F)(F)P)c1C(=O)N1CCC(N2CCOCC2)CC1. The van der Waals surface area contributed by atoms with Gasteiger partial charge in [0.25, 0.3) is 17.5 Å². The second kappa shape index (κ2) is 9.97. The standard InChI is InChI=1S/C25H28BrF2N4O3P/c1-14-21(24(34)32-6-4-16(5-7-32)31-8-10-35-11-9-31)22(25(27,28)36)20(29-14)13-18-17-12-15(26)2-3-19(17)30-23(18)33/h2-3,12-13,16,29H,4-11,36H2,1H3,(H,30,33)/b18-13-. The predicted molar refractivity (Wildman–Crippen MR) is 141 cm³/mol. The van der Waals surface area contributed by atoms with E-state index in [1.807, 2.05) is 0 Å². The second-order valence-electron chi connectivity index (χ2n) is 9.41. The Balaban J connectivity index is 1.45. The number of rotatable bonds is 4. The van der Waals surface area contributed by atoms with Gasteiger partial charge in [-0.25, -0.2) is 0 Å². The van der Waals surface area contributed by atoms with Crippen LogP contribution in [0.15, 0.2) is 22.7 Å². The molecule has 192 valence electrons.